The van der Waals surface area contributed by atoms with Crippen LogP contribution in [0.4, 0.5) is 9.59 Å². The first kappa shape index (κ1) is 43.4. The van der Waals surface area contributed by atoms with Gasteiger partial charge >= 0.3 is 12.2 Å². The van der Waals surface area contributed by atoms with E-state index >= 15 is 0 Å². The smallest absolute Gasteiger partial charge is 0.407 e. The van der Waals surface area contributed by atoms with Gasteiger partial charge in [-0.3, -0.25) is 14.6 Å². The average molecular weight is 747 g/mol. The number of benzene rings is 2. The van der Waals surface area contributed by atoms with E-state index in [1.54, 1.807) is 6.20 Å². The monoisotopic (exact) mass is 746 g/mol. The number of aromatic nitrogens is 1. The van der Waals surface area contributed by atoms with Crippen molar-refractivity contribution in [2.24, 2.45) is 10.8 Å². The fourth-order valence-electron chi connectivity index (χ4n) is 6.08. The van der Waals surface area contributed by atoms with Crippen molar-refractivity contribution in [3.8, 4) is 11.3 Å². The highest BCUT2D eigenvalue weighted by molar-refractivity contribution is 5.86. The van der Waals surface area contributed by atoms with E-state index in [1.165, 1.54) is 14.2 Å². The van der Waals surface area contributed by atoms with E-state index in [-0.39, 0.29) is 18.9 Å². The Morgan fingerprint density at radius 3 is 1.85 bits per heavy atom. The number of aliphatic hydroxyl groups is 1. The molecular weight excluding hydrogens is 688 g/mol. The molecule has 2 aromatic carbocycles. The summed E-state index contributed by atoms with van der Waals surface area (Å²) in [5, 5.41) is 26.7. The molecule has 54 heavy (non-hydrogen) atoms. The number of alkyl carbamates (subject to hydrolysis) is 2. The minimum atomic E-state index is -1.10. The number of ether oxygens (including phenoxy) is 2. The first-order valence-corrected chi connectivity index (χ1v) is 18.2. The van der Waals surface area contributed by atoms with Crippen LogP contribution in [-0.2, 0) is 31.9 Å². The van der Waals surface area contributed by atoms with Crippen LogP contribution in [0, 0.1) is 10.8 Å². The third-order valence-electron chi connectivity index (χ3n) is 8.99. The summed E-state index contributed by atoms with van der Waals surface area (Å²) in [5.41, 5.74) is 2.38. The van der Waals surface area contributed by atoms with Gasteiger partial charge in [-0.25, -0.2) is 9.59 Å². The lowest BCUT2D eigenvalue weighted by Crippen LogP contribution is -2.58. The standard InChI is InChI=1S/C41H58N6O7/c1-40(2,3)34(43-22-23-44-38(51)53-7)36(49)46-32(25-27-14-10-9-11-15-27)33(48)26-30(45-37(50)35(41(4,5)6)47-39(52)54-8)24-28-17-19-29(20-18-28)31-16-12-13-21-42-31/h9-21,30,32-35,43,48H,22-26H2,1-8H3,(H,44,51)(H,45,50)(H,46,49)(H,47,52)/t30-,32+,33+,34-,35-/m1/s1. The molecule has 1 heterocycles. The molecule has 6 N–H and O–H groups in total. The van der Waals surface area contributed by atoms with Crippen LogP contribution in [0.25, 0.3) is 11.3 Å². The van der Waals surface area contributed by atoms with Crippen molar-refractivity contribution in [3.63, 3.8) is 0 Å². The van der Waals surface area contributed by atoms with Gasteiger partial charge < -0.3 is 41.2 Å². The third-order valence-corrected chi connectivity index (χ3v) is 8.99. The zero-order valence-corrected chi connectivity index (χ0v) is 32.8. The number of hydrogen-bond acceptors (Lipinski definition) is 9. The van der Waals surface area contributed by atoms with Gasteiger partial charge in [0, 0.05) is 30.9 Å². The predicted octanol–water partition coefficient (Wildman–Crippen LogP) is 4.39. The number of aliphatic hydroxyl groups excluding tert-OH is 1. The lowest BCUT2D eigenvalue weighted by molar-refractivity contribution is -0.128. The molecule has 0 spiro atoms. The number of pyridine rings is 1. The van der Waals surface area contributed by atoms with Crippen molar-refractivity contribution < 1.29 is 33.8 Å². The van der Waals surface area contributed by atoms with Gasteiger partial charge in [0.15, 0.2) is 0 Å². The molecule has 0 aliphatic rings. The summed E-state index contributed by atoms with van der Waals surface area (Å²) in [6.07, 6.45) is 0.0824. The maximum absolute atomic E-state index is 14.0. The molecular formula is C41H58N6O7. The predicted molar refractivity (Wildman–Crippen MR) is 208 cm³/mol. The maximum Gasteiger partial charge on any atom is 0.407 e. The second kappa shape index (κ2) is 20.4. The Kier molecular flexibility index (Phi) is 16.4. The molecule has 3 aromatic rings. The Bertz CT molecular complexity index is 1630. The fraction of sp³-hybridized carbons (Fsp3) is 0.488. The lowest BCUT2D eigenvalue weighted by Gasteiger charge is -2.35. The Hall–Kier alpha value is -5.01. The summed E-state index contributed by atoms with van der Waals surface area (Å²) in [4.78, 5) is 56.1. The Morgan fingerprint density at radius 1 is 0.685 bits per heavy atom. The normalized spacial score (nSPS) is 14.4. The summed E-state index contributed by atoms with van der Waals surface area (Å²) < 4.78 is 9.45. The second-order valence-corrected chi connectivity index (χ2v) is 15.5. The van der Waals surface area contributed by atoms with Gasteiger partial charge in [-0.2, -0.15) is 0 Å². The Morgan fingerprint density at radius 2 is 1.28 bits per heavy atom. The van der Waals surface area contributed by atoms with E-state index < -0.39 is 59.2 Å². The molecule has 0 saturated carbocycles. The summed E-state index contributed by atoms with van der Waals surface area (Å²) in [6.45, 7) is 11.8. The van der Waals surface area contributed by atoms with Crippen molar-refractivity contribution >= 4 is 24.0 Å². The largest absolute Gasteiger partial charge is 0.453 e. The second-order valence-electron chi connectivity index (χ2n) is 15.5. The minimum absolute atomic E-state index is 0.0806. The molecule has 13 heteroatoms. The van der Waals surface area contributed by atoms with Gasteiger partial charge in [-0.1, -0.05) is 102 Å². The van der Waals surface area contributed by atoms with Gasteiger partial charge in [-0.15, -0.1) is 0 Å². The highest BCUT2D eigenvalue weighted by Gasteiger charge is 2.37. The summed E-state index contributed by atoms with van der Waals surface area (Å²) >= 11 is 0. The topological polar surface area (TPSA) is 180 Å². The molecule has 0 aliphatic heterocycles. The summed E-state index contributed by atoms with van der Waals surface area (Å²) in [7, 11) is 2.52. The van der Waals surface area contributed by atoms with Crippen LogP contribution in [0.1, 0.15) is 59.1 Å². The number of nitrogens with zero attached hydrogens (tertiary/aromatic N) is 1. The van der Waals surface area contributed by atoms with E-state index in [9.17, 15) is 24.3 Å². The first-order chi connectivity index (χ1) is 25.5. The summed E-state index contributed by atoms with van der Waals surface area (Å²) in [5.74, 6) is -0.752. The van der Waals surface area contributed by atoms with Crippen LogP contribution >= 0.6 is 0 Å². The third kappa shape index (κ3) is 14.1. The highest BCUT2D eigenvalue weighted by atomic mass is 16.5. The van der Waals surface area contributed by atoms with Gasteiger partial charge in [-0.05, 0) is 53.4 Å². The molecule has 1 aromatic heterocycles. The van der Waals surface area contributed by atoms with E-state index in [0.29, 0.717) is 19.4 Å². The molecule has 0 radical (unpaired) electrons. The fourth-order valence-corrected chi connectivity index (χ4v) is 6.08. The van der Waals surface area contributed by atoms with Gasteiger partial charge in [0.1, 0.15) is 6.04 Å². The maximum atomic E-state index is 14.0. The first-order valence-electron chi connectivity index (χ1n) is 18.2. The molecule has 294 valence electrons. The minimum Gasteiger partial charge on any atom is -0.453 e. The Balaban J connectivity index is 1.92. The number of amides is 4. The molecule has 0 unspecified atom stereocenters. The van der Waals surface area contributed by atoms with Crippen LogP contribution in [0.3, 0.4) is 0 Å². The number of carbonyl (C=O) groups is 4. The average Bonchev–Trinajstić information content (AvgIpc) is 3.13. The molecule has 5 atom stereocenters. The van der Waals surface area contributed by atoms with Crippen molar-refractivity contribution in [1.29, 1.82) is 0 Å². The number of rotatable bonds is 17. The van der Waals surface area contributed by atoms with Crippen LogP contribution in [-0.4, -0.2) is 91.7 Å². The number of hydrogen-bond donors (Lipinski definition) is 6. The van der Waals surface area contributed by atoms with Crippen molar-refractivity contribution in [3.05, 3.63) is 90.1 Å². The SMILES string of the molecule is COC(=O)NCCN[C@H](C(=O)N[C@@H](Cc1ccccc1)[C@@H](O)C[C@@H](Cc1ccc(-c2ccccn2)cc1)NC(=O)[C@@H](NC(=O)OC)C(C)(C)C)C(C)(C)C. The molecule has 0 aliphatic carbocycles. The lowest BCUT2D eigenvalue weighted by atomic mass is 9.85. The van der Waals surface area contributed by atoms with Crippen LogP contribution in [0.15, 0.2) is 79.0 Å². The number of nitrogens with one attached hydrogen (secondary N) is 5. The quantitative estimate of drug-likeness (QED) is 0.109. The van der Waals surface area contributed by atoms with E-state index in [2.05, 4.69) is 36.3 Å². The number of carbonyl (C=O) groups excluding carboxylic acids is 4. The Labute approximate surface area is 319 Å². The zero-order valence-electron chi connectivity index (χ0n) is 32.8. The molecule has 0 fully saturated rings. The van der Waals surface area contributed by atoms with E-state index in [4.69, 9.17) is 4.74 Å². The molecule has 0 saturated heterocycles. The molecule has 4 amide bonds. The summed E-state index contributed by atoms with van der Waals surface area (Å²) in [6, 6.07) is 20.1. The van der Waals surface area contributed by atoms with Crippen LogP contribution in [0.5, 0.6) is 0 Å². The number of methoxy groups -OCH3 is 2. The van der Waals surface area contributed by atoms with Crippen LogP contribution in [0.2, 0.25) is 0 Å². The molecule has 0 bridgehead atoms. The van der Waals surface area contributed by atoms with E-state index in [1.807, 2.05) is 114 Å². The van der Waals surface area contributed by atoms with Gasteiger partial charge in [0.25, 0.3) is 0 Å². The molecule has 3 rings (SSSR count). The van der Waals surface area contributed by atoms with Gasteiger partial charge in [0.2, 0.25) is 11.8 Å². The van der Waals surface area contributed by atoms with Crippen molar-refractivity contribution in [1.82, 2.24) is 31.6 Å². The van der Waals surface area contributed by atoms with E-state index in [0.717, 1.165) is 22.4 Å². The van der Waals surface area contributed by atoms with Gasteiger partial charge in [0.05, 0.1) is 38.1 Å². The van der Waals surface area contributed by atoms with Crippen LogP contribution < -0.4 is 26.6 Å². The van der Waals surface area contributed by atoms with Crippen molar-refractivity contribution in [2.75, 3.05) is 27.3 Å². The zero-order chi connectivity index (χ0) is 39.9. The molecule has 13 nitrogen and oxygen atoms in total. The highest BCUT2D eigenvalue weighted by Crippen LogP contribution is 2.23. The van der Waals surface area contributed by atoms with Crippen molar-refractivity contribution in [2.45, 2.75) is 91.1 Å².